The fraction of sp³-hybridized carbons (Fsp3) is 0.316. The van der Waals surface area contributed by atoms with Gasteiger partial charge in [-0.1, -0.05) is 30.3 Å². The molecule has 24 heavy (non-hydrogen) atoms. The summed E-state index contributed by atoms with van der Waals surface area (Å²) in [6, 6.07) is 14.6. The summed E-state index contributed by atoms with van der Waals surface area (Å²) in [6.07, 6.45) is -3.30. The number of Topliss-reactive ketones (excluding diaryl/α,β-unsaturated/α-hetero) is 1. The molecule has 0 amide bonds. The Hall–Kier alpha value is -2.30. The Bertz CT molecular complexity index is 740. The number of aryl methyl sites for hydroxylation is 1. The number of alkyl halides is 3. The largest absolute Gasteiger partial charge is 0.454 e. The van der Waals surface area contributed by atoms with Crippen LogP contribution in [0.3, 0.4) is 0 Å². The van der Waals surface area contributed by atoms with Crippen LogP contribution in [-0.2, 0) is 13.0 Å². The predicted molar refractivity (Wildman–Crippen MR) is 87.2 cm³/mol. The molecule has 5 heteroatoms. The number of anilines is 1. The summed E-state index contributed by atoms with van der Waals surface area (Å²) in [4.78, 5) is 13.6. The van der Waals surface area contributed by atoms with E-state index in [1.54, 1.807) is 6.07 Å². The Balaban J connectivity index is 1.92. The lowest BCUT2D eigenvalue weighted by Crippen LogP contribution is -2.37. The van der Waals surface area contributed by atoms with Crippen LogP contribution in [-0.4, -0.2) is 18.0 Å². The summed E-state index contributed by atoms with van der Waals surface area (Å²) < 4.78 is 37.9. The summed E-state index contributed by atoms with van der Waals surface area (Å²) in [5.41, 5.74) is 2.58. The minimum Gasteiger partial charge on any atom is -0.364 e. The molecular formula is C19H18F3NO. The molecule has 1 atom stereocenters. The standard InChI is InChI=1S/C19H18F3NO/c1-13-7-8-15-11-16(18(24)19(20,21)22)9-10-17(15)23(13)12-14-5-3-2-4-6-14/h2-6,9-11,13H,7-8,12H2,1H3/t13-/m0/s1. The molecule has 2 nitrogen and oxygen atoms in total. The number of hydrogen-bond donors (Lipinski definition) is 0. The van der Waals surface area contributed by atoms with Gasteiger partial charge < -0.3 is 4.90 Å². The first-order valence-electron chi connectivity index (χ1n) is 7.91. The van der Waals surface area contributed by atoms with Gasteiger partial charge in [0.25, 0.3) is 5.78 Å². The molecule has 0 saturated heterocycles. The van der Waals surface area contributed by atoms with Crippen molar-refractivity contribution in [3.63, 3.8) is 0 Å². The summed E-state index contributed by atoms with van der Waals surface area (Å²) in [7, 11) is 0. The zero-order valence-electron chi connectivity index (χ0n) is 13.3. The number of benzene rings is 2. The van der Waals surface area contributed by atoms with Crippen LogP contribution in [0.2, 0.25) is 0 Å². The van der Waals surface area contributed by atoms with Crippen LogP contribution in [0.5, 0.6) is 0 Å². The number of nitrogens with zero attached hydrogens (tertiary/aromatic N) is 1. The molecule has 0 unspecified atom stereocenters. The molecule has 0 spiro atoms. The van der Waals surface area contributed by atoms with Crippen molar-refractivity contribution in [1.82, 2.24) is 0 Å². The molecular weight excluding hydrogens is 315 g/mol. The zero-order chi connectivity index (χ0) is 17.3. The first kappa shape index (κ1) is 16.6. The Morgan fingerprint density at radius 3 is 2.54 bits per heavy atom. The van der Waals surface area contributed by atoms with E-state index in [4.69, 9.17) is 0 Å². The van der Waals surface area contributed by atoms with Gasteiger partial charge >= 0.3 is 6.18 Å². The van der Waals surface area contributed by atoms with Crippen molar-refractivity contribution < 1.29 is 18.0 Å². The highest BCUT2D eigenvalue weighted by atomic mass is 19.4. The van der Waals surface area contributed by atoms with E-state index in [0.29, 0.717) is 19.0 Å². The Labute approximate surface area is 138 Å². The van der Waals surface area contributed by atoms with Crippen molar-refractivity contribution in [2.75, 3.05) is 4.90 Å². The lowest BCUT2D eigenvalue weighted by atomic mass is 9.93. The minimum absolute atomic E-state index is 0.282. The molecule has 0 fully saturated rings. The fourth-order valence-corrected chi connectivity index (χ4v) is 3.15. The second-order valence-corrected chi connectivity index (χ2v) is 6.17. The topological polar surface area (TPSA) is 20.3 Å². The molecule has 2 aromatic rings. The number of halogens is 3. The Morgan fingerprint density at radius 2 is 1.88 bits per heavy atom. The smallest absolute Gasteiger partial charge is 0.364 e. The lowest BCUT2D eigenvalue weighted by molar-refractivity contribution is -0.0885. The first-order valence-corrected chi connectivity index (χ1v) is 7.91. The maximum atomic E-state index is 12.6. The molecule has 1 aliphatic rings. The van der Waals surface area contributed by atoms with E-state index >= 15 is 0 Å². The third-order valence-electron chi connectivity index (χ3n) is 4.47. The second kappa shape index (κ2) is 6.30. The second-order valence-electron chi connectivity index (χ2n) is 6.17. The van der Waals surface area contributed by atoms with Gasteiger partial charge in [-0.15, -0.1) is 0 Å². The van der Waals surface area contributed by atoms with Crippen LogP contribution in [0.25, 0.3) is 0 Å². The van der Waals surface area contributed by atoms with Gasteiger partial charge in [0.2, 0.25) is 0 Å². The van der Waals surface area contributed by atoms with Gasteiger partial charge in [0.05, 0.1) is 0 Å². The number of carbonyl (C=O) groups is 1. The summed E-state index contributed by atoms with van der Waals surface area (Å²) in [5.74, 6) is -1.78. The van der Waals surface area contributed by atoms with Crippen molar-refractivity contribution in [3.8, 4) is 0 Å². The quantitative estimate of drug-likeness (QED) is 0.754. The number of hydrogen-bond acceptors (Lipinski definition) is 2. The average molecular weight is 333 g/mol. The van der Waals surface area contributed by atoms with Crippen molar-refractivity contribution in [2.45, 2.75) is 38.5 Å². The average Bonchev–Trinajstić information content (AvgIpc) is 2.56. The minimum atomic E-state index is -4.83. The molecule has 3 rings (SSSR count). The summed E-state index contributed by atoms with van der Waals surface area (Å²) in [6.45, 7) is 2.81. The normalized spacial score (nSPS) is 17.5. The number of carbonyl (C=O) groups excluding carboxylic acids is 1. The molecule has 2 aromatic carbocycles. The Morgan fingerprint density at radius 1 is 1.17 bits per heavy atom. The summed E-state index contributed by atoms with van der Waals surface area (Å²) >= 11 is 0. The van der Waals surface area contributed by atoms with E-state index in [0.717, 1.165) is 23.2 Å². The maximum absolute atomic E-state index is 12.6. The highest BCUT2D eigenvalue weighted by Gasteiger charge is 2.39. The van der Waals surface area contributed by atoms with E-state index in [1.165, 1.54) is 12.1 Å². The molecule has 0 aliphatic carbocycles. The maximum Gasteiger partial charge on any atom is 0.454 e. The number of fused-ring (bicyclic) bond motifs is 1. The third kappa shape index (κ3) is 3.30. The van der Waals surface area contributed by atoms with Crippen LogP contribution in [0, 0.1) is 0 Å². The number of ketones is 1. The van der Waals surface area contributed by atoms with Crippen molar-refractivity contribution >= 4 is 11.5 Å². The monoisotopic (exact) mass is 333 g/mol. The van der Waals surface area contributed by atoms with E-state index < -0.39 is 12.0 Å². The highest BCUT2D eigenvalue weighted by molar-refractivity contribution is 6.00. The fourth-order valence-electron chi connectivity index (χ4n) is 3.15. The first-order chi connectivity index (χ1) is 11.4. The summed E-state index contributed by atoms with van der Waals surface area (Å²) in [5, 5.41) is 0. The molecule has 1 heterocycles. The third-order valence-corrected chi connectivity index (χ3v) is 4.47. The molecule has 1 aliphatic heterocycles. The molecule has 0 aromatic heterocycles. The Kier molecular flexibility index (Phi) is 4.35. The molecule has 0 radical (unpaired) electrons. The van der Waals surface area contributed by atoms with Crippen LogP contribution >= 0.6 is 0 Å². The van der Waals surface area contributed by atoms with Gasteiger partial charge in [0.1, 0.15) is 0 Å². The van der Waals surface area contributed by atoms with E-state index in [9.17, 15) is 18.0 Å². The SMILES string of the molecule is C[C@H]1CCc2cc(C(=O)C(F)(F)F)ccc2N1Cc1ccccc1. The van der Waals surface area contributed by atoms with E-state index in [2.05, 4.69) is 11.8 Å². The van der Waals surface area contributed by atoms with Crippen molar-refractivity contribution in [2.24, 2.45) is 0 Å². The number of rotatable bonds is 3. The van der Waals surface area contributed by atoms with E-state index in [1.807, 2.05) is 30.3 Å². The van der Waals surface area contributed by atoms with Crippen LogP contribution in [0.1, 0.15) is 34.8 Å². The van der Waals surface area contributed by atoms with Crippen LogP contribution in [0.4, 0.5) is 18.9 Å². The van der Waals surface area contributed by atoms with Gasteiger partial charge in [-0.25, -0.2) is 0 Å². The zero-order valence-corrected chi connectivity index (χ0v) is 13.3. The van der Waals surface area contributed by atoms with Gasteiger partial charge in [-0.05, 0) is 49.1 Å². The van der Waals surface area contributed by atoms with Crippen LogP contribution in [0.15, 0.2) is 48.5 Å². The van der Waals surface area contributed by atoms with Crippen molar-refractivity contribution in [1.29, 1.82) is 0 Å². The van der Waals surface area contributed by atoms with Gasteiger partial charge in [0, 0.05) is 23.8 Å². The highest BCUT2D eigenvalue weighted by Crippen LogP contribution is 2.34. The molecule has 0 saturated carbocycles. The lowest BCUT2D eigenvalue weighted by Gasteiger charge is -2.37. The molecule has 126 valence electrons. The van der Waals surface area contributed by atoms with Gasteiger partial charge in [-0.2, -0.15) is 13.2 Å². The van der Waals surface area contributed by atoms with Gasteiger partial charge in [-0.3, -0.25) is 4.79 Å². The molecule has 0 N–H and O–H groups in total. The predicted octanol–water partition coefficient (Wildman–Crippen LogP) is 4.77. The van der Waals surface area contributed by atoms with Gasteiger partial charge in [0.15, 0.2) is 0 Å². The van der Waals surface area contributed by atoms with Crippen LogP contribution < -0.4 is 4.90 Å². The molecule has 0 bridgehead atoms. The van der Waals surface area contributed by atoms with E-state index in [-0.39, 0.29) is 5.56 Å². The van der Waals surface area contributed by atoms with Crippen molar-refractivity contribution in [3.05, 3.63) is 65.2 Å².